The van der Waals surface area contributed by atoms with E-state index in [0.29, 0.717) is 11.4 Å². The molecule has 9 heteroatoms. The van der Waals surface area contributed by atoms with Crippen LogP contribution in [0.4, 0.5) is 5.69 Å². The summed E-state index contributed by atoms with van der Waals surface area (Å²) in [6.07, 6.45) is 0. The number of carbonyl (C=O) groups is 1. The van der Waals surface area contributed by atoms with Gasteiger partial charge in [0.15, 0.2) is 6.61 Å². The third kappa shape index (κ3) is 4.73. The van der Waals surface area contributed by atoms with Crippen LogP contribution in [0.25, 0.3) is 0 Å². The van der Waals surface area contributed by atoms with E-state index in [-0.39, 0.29) is 22.8 Å². The van der Waals surface area contributed by atoms with Crippen LogP contribution < -0.4 is 14.4 Å². The van der Waals surface area contributed by atoms with E-state index >= 15 is 0 Å². The van der Waals surface area contributed by atoms with E-state index in [2.05, 4.69) is 5.32 Å². The number of hydrogen-bond acceptors (Lipinski definition) is 6. The minimum absolute atomic E-state index is 0.0745. The topological polar surface area (TPSA) is 75.7 Å². The molecule has 0 bridgehead atoms. The summed E-state index contributed by atoms with van der Waals surface area (Å²) in [6.45, 7) is 1.81. The normalized spacial score (nSPS) is 12.4. The number of carbonyl (C=O) groups excluding carboxylic acids is 1. The highest BCUT2D eigenvalue weighted by molar-refractivity contribution is 7.94. The smallest absolute Gasteiger partial charge is 0.273 e. The molecule has 3 rings (SSSR count). The number of hydrogen-bond donors (Lipinski definition) is 1. The van der Waals surface area contributed by atoms with Crippen molar-refractivity contribution in [3.63, 3.8) is 0 Å². The quantitative estimate of drug-likeness (QED) is 0.581. The Kier molecular flexibility index (Phi) is 6.38. The van der Waals surface area contributed by atoms with Gasteiger partial charge in [-0.3, -0.25) is 9.10 Å². The first-order valence-electron chi connectivity index (χ1n) is 8.46. The molecule has 0 aliphatic carbocycles. The average Bonchev–Trinajstić information content (AvgIpc) is 3.40. The van der Waals surface area contributed by atoms with E-state index in [1.165, 1.54) is 22.7 Å². The predicted octanol–water partition coefficient (Wildman–Crippen LogP) is 3.89. The van der Waals surface area contributed by atoms with E-state index in [0.717, 1.165) is 4.88 Å². The maximum atomic E-state index is 12.5. The fraction of sp³-hybridized carbons (Fsp3) is 0.211. The Bertz CT molecular complexity index is 998. The van der Waals surface area contributed by atoms with Gasteiger partial charge in [0.1, 0.15) is 9.96 Å². The molecule has 0 spiro atoms. The number of amides is 1. The number of ether oxygens (including phenoxy) is 1. The van der Waals surface area contributed by atoms with Crippen molar-refractivity contribution in [1.82, 2.24) is 5.32 Å². The second kappa shape index (κ2) is 8.76. The van der Waals surface area contributed by atoms with Crippen LogP contribution in [0, 0.1) is 0 Å². The summed E-state index contributed by atoms with van der Waals surface area (Å²) in [5, 5.41) is 6.57. The molecule has 6 nitrogen and oxygen atoms in total. The van der Waals surface area contributed by atoms with Gasteiger partial charge >= 0.3 is 0 Å². The molecule has 28 heavy (non-hydrogen) atoms. The minimum Gasteiger partial charge on any atom is -0.484 e. The lowest BCUT2D eigenvalue weighted by atomic mass is 10.3. The predicted molar refractivity (Wildman–Crippen MR) is 113 cm³/mol. The monoisotopic (exact) mass is 436 g/mol. The molecule has 1 amide bonds. The highest BCUT2D eigenvalue weighted by atomic mass is 32.2. The molecule has 3 aromatic rings. The van der Waals surface area contributed by atoms with Gasteiger partial charge in [0.25, 0.3) is 15.9 Å². The lowest BCUT2D eigenvalue weighted by Gasteiger charge is -2.19. The molecular weight excluding hydrogens is 416 g/mol. The summed E-state index contributed by atoms with van der Waals surface area (Å²) in [5.41, 5.74) is 0.511. The average molecular weight is 437 g/mol. The van der Waals surface area contributed by atoms with Crippen LogP contribution in [-0.4, -0.2) is 28.0 Å². The summed E-state index contributed by atoms with van der Waals surface area (Å²) in [7, 11) is -2.07. The first-order valence-corrected chi connectivity index (χ1v) is 11.7. The Morgan fingerprint density at radius 2 is 1.79 bits per heavy atom. The van der Waals surface area contributed by atoms with Gasteiger partial charge in [0, 0.05) is 11.9 Å². The van der Waals surface area contributed by atoms with Crippen molar-refractivity contribution >= 4 is 44.3 Å². The van der Waals surface area contributed by atoms with Crippen molar-refractivity contribution < 1.29 is 17.9 Å². The Labute approximate surface area is 172 Å². The standard InChI is InChI=1S/C19H20N2O4S3/c1-14(17-5-3-11-26-17)20-18(22)13-25-16-9-7-15(8-10-16)21(2)28(23,24)19-6-4-12-27-19/h3-12,14H,13H2,1-2H3,(H,20,22)/t14-/m0/s1. The van der Waals surface area contributed by atoms with Gasteiger partial charge < -0.3 is 10.1 Å². The molecule has 0 aliphatic heterocycles. The zero-order chi connectivity index (χ0) is 20.1. The van der Waals surface area contributed by atoms with E-state index in [9.17, 15) is 13.2 Å². The fourth-order valence-corrected chi connectivity index (χ4v) is 5.57. The highest BCUT2D eigenvalue weighted by Crippen LogP contribution is 2.26. The van der Waals surface area contributed by atoms with Crippen molar-refractivity contribution in [3.05, 3.63) is 64.2 Å². The molecule has 0 saturated carbocycles. The van der Waals surface area contributed by atoms with Gasteiger partial charge in [-0.05, 0) is 54.1 Å². The van der Waals surface area contributed by atoms with Crippen LogP contribution in [-0.2, 0) is 14.8 Å². The van der Waals surface area contributed by atoms with Gasteiger partial charge in [-0.1, -0.05) is 12.1 Å². The van der Waals surface area contributed by atoms with Crippen molar-refractivity contribution in [3.8, 4) is 5.75 Å². The Balaban J connectivity index is 1.56. The summed E-state index contributed by atoms with van der Waals surface area (Å²) in [5.74, 6) is 0.270. The van der Waals surface area contributed by atoms with E-state index < -0.39 is 10.0 Å². The molecule has 2 aromatic heterocycles. The van der Waals surface area contributed by atoms with Crippen LogP contribution in [0.5, 0.6) is 5.75 Å². The first kappa shape index (κ1) is 20.4. The molecule has 0 saturated heterocycles. The molecule has 0 aliphatic rings. The van der Waals surface area contributed by atoms with Crippen molar-refractivity contribution in [2.45, 2.75) is 17.2 Å². The van der Waals surface area contributed by atoms with Crippen LogP contribution in [0.3, 0.4) is 0 Å². The van der Waals surface area contributed by atoms with Crippen LogP contribution in [0.2, 0.25) is 0 Å². The lowest BCUT2D eigenvalue weighted by Crippen LogP contribution is -2.30. The number of sulfonamides is 1. The number of nitrogens with one attached hydrogen (secondary N) is 1. The van der Waals surface area contributed by atoms with Crippen LogP contribution in [0.15, 0.2) is 63.5 Å². The molecule has 0 fully saturated rings. The van der Waals surface area contributed by atoms with E-state index in [1.807, 2.05) is 24.4 Å². The van der Waals surface area contributed by atoms with Crippen molar-refractivity contribution in [2.75, 3.05) is 18.0 Å². The Hall–Kier alpha value is -2.36. The lowest BCUT2D eigenvalue weighted by molar-refractivity contribution is -0.123. The zero-order valence-electron chi connectivity index (χ0n) is 15.4. The molecule has 148 valence electrons. The number of benzene rings is 1. The number of anilines is 1. The maximum Gasteiger partial charge on any atom is 0.273 e. The Morgan fingerprint density at radius 3 is 2.39 bits per heavy atom. The number of rotatable bonds is 8. The minimum atomic E-state index is -3.57. The summed E-state index contributed by atoms with van der Waals surface area (Å²) < 4.78 is 32.1. The number of thiophene rings is 2. The van der Waals surface area contributed by atoms with Gasteiger partial charge in [0.2, 0.25) is 0 Å². The fourth-order valence-electron chi connectivity index (χ4n) is 2.48. The molecule has 1 aromatic carbocycles. The molecule has 2 heterocycles. The number of nitrogens with zero attached hydrogens (tertiary/aromatic N) is 1. The van der Waals surface area contributed by atoms with Crippen molar-refractivity contribution in [1.29, 1.82) is 0 Å². The third-order valence-electron chi connectivity index (χ3n) is 4.03. The second-order valence-corrected chi connectivity index (χ2v) is 10.1. The SMILES string of the molecule is C[C@H](NC(=O)COc1ccc(N(C)S(=O)(=O)c2cccs2)cc1)c1cccs1. The third-order valence-corrected chi connectivity index (χ3v) is 8.24. The Morgan fingerprint density at radius 1 is 1.11 bits per heavy atom. The zero-order valence-corrected chi connectivity index (χ0v) is 17.8. The van der Waals surface area contributed by atoms with Crippen LogP contribution in [0.1, 0.15) is 17.8 Å². The highest BCUT2D eigenvalue weighted by Gasteiger charge is 2.22. The summed E-state index contributed by atoms with van der Waals surface area (Å²) in [6, 6.07) is 13.7. The second-order valence-electron chi connectivity index (χ2n) is 5.99. The molecule has 0 radical (unpaired) electrons. The first-order chi connectivity index (χ1) is 13.4. The van der Waals surface area contributed by atoms with Gasteiger partial charge in [-0.2, -0.15) is 0 Å². The molecule has 1 atom stereocenters. The van der Waals surface area contributed by atoms with Gasteiger partial charge in [-0.15, -0.1) is 22.7 Å². The van der Waals surface area contributed by atoms with Crippen LogP contribution >= 0.6 is 22.7 Å². The van der Waals surface area contributed by atoms with Gasteiger partial charge in [0.05, 0.1) is 11.7 Å². The van der Waals surface area contributed by atoms with Crippen molar-refractivity contribution in [2.24, 2.45) is 0 Å². The summed E-state index contributed by atoms with van der Waals surface area (Å²) >= 11 is 2.76. The van der Waals surface area contributed by atoms with Gasteiger partial charge in [-0.25, -0.2) is 8.42 Å². The maximum absolute atomic E-state index is 12.5. The molecular formula is C19H20N2O4S3. The molecule has 0 unspecified atom stereocenters. The molecule has 1 N–H and O–H groups in total. The largest absolute Gasteiger partial charge is 0.484 e. The summed E-state index contributed by atoms with van der Waals surface area (Å²) in [4.78, 5) is 13.1. The van der Waals surface area contributed by atoms with E-state index in [1.54, 1.807) is 53.1 Å². The van der Waals surface area contributed by atoms with E-state index in [4.69, 9.17) is 4.74 Å².